The third-order valence-electron chi connectivity index (χ3n) is 4.15. The van der Waals surface area contributed by atoms with E-state index in [4.69, 9.17) is 0 Å². The van der Waals surface area contributed by atoms with Gasteiger partial charge in [-0.2, -0.15) is 0 Å². The Morgan fingerprint density at radius 3 is 0.625 bits per heavy atom. The van der Waals surface area contributed by atoms with E-state index in [1.54, 1.807) is 0 Å². The summed E-state index contributed by atoms with van der Waals surface area (Å²) in [6.07, 6.45) is 0. The van der Waals surface area contributed by atoms with Gasteiger partial charge in [-0.15, -0.1) is 0 Å². The molecule has 4 heteroatoms. The summed E-state index contributed by atoms with van der Waals surface area (Å²) in [6, 6.07) is 0. The van der Waals surface area contributed by atoms with E-state index in [9.17, 15) is 0 Å². The fourth-order valence-corrected chi connectivity index (χ4v) is 2.39. The van der Waals surface area contributed by atoms with Crippen molar-refractivity contribution in [3.63, 3.8) is 0 Å². The van der Waals surface area contributed by atoms with E-state index >= 15 is 0 Å². The number of hydrogen-bond donors (Lipinski definition) is 0. The fraction of sp³-hybridized carbons (Fsp3) is 0.917. The minimum absolute atomic E-state index is 0. The summed E-state index contributed by atoms with van der Waals surface area (Å²) in [5, 5.41) is 0. The van der Waals surface area contributed by atoms with Crippen molar-refractivity contribution in [2.24, 2.45) is 29.6 Å². The first-order valence-corrected chi connectivity index (χ1v) is 4.55. The van der Waals surface area contributed by atoms with Gasteiger partial charge >= 0.3 is 0 Å². The van der Waals surface area contributed by atoms with Crippen LogP contribution in [-0.2, 0) is 20.1 Å². The molecular formula is C12H33IrO3-. The van der Waals surface area contributed by atoms with Crippen molar-refractivity contribution in [2.45, 2.75) is 42.0 Å². The van der Waals surface area contributed by atoms with E-state index in [1.807, 2.05) is 0 Å². The molecule has 0 atom stereocenters. The predicted molar refractivity (Wildman–Crippen MR) is 69.8 cm³/mol. The molecule has 0 aliphatic heterocycles. The molecule has 0 bridgehead atoms. The van der Waals surface area contributed by atoms with Crippen molar-refractivity contribution in [1.29, 1.82) is 0 Å². The van der Waals surface area contributed by atoms with Crippen LogP contribution >= 0.6 is 0 Å². The molecule has 0 amide bonds. The summed E-state index contributed by atoms with van der Waals surface area (Å²) in [7, 11) is 0. The van der Waals surface area contributed by atoms with E-state index < -0.39 is 0 Å². The maximum atomic E-state index is 2.40. The summed E-state index contributed by atoms with van der Waals surface area (Å²) < 4.78 is 0. The molecule has 6 N–H and O–H groups in total. The Labute approximate surface area is 116 Å². The Morgan fingerprint density at radius 1 is 0.500 bits per heavy atom. The van der Waals surface area contributed by atoms with E-state index in [1.165, 1.54) is 0 Å². The first-order chi connectivity index (χ1) is 4.55. The summed E-state index contributed by atoms with van der Waals surface area (Å²) in [5.41, 5.74) is 0. The Morgan fingerprint density at radius 2 is 0.562 bits per heavy atom. The summed E-state index contributed by atoms with van der Waals surface area (Å²) in [6.45, 7) is 12.0. The van der Waals surface area contributed by atoms with Gasteiger partial charge in [-0.3, -0.25) is 0 Å². The van der Waals surface area contributed by atoms with Gasteiger partial charge in [0, 0.05) is 20.1 Å². The first kappa shape index (κ1) is 36.0. The molecular weight excluding hydrogens is 384 g/mol. The molecule has 0 aromatic rings. The molecule has 109 valence electrons. The van der Waals surface area contributed by atoms with Gasteiger partial charge in [-0.05, 0) is 29.6 Å². The van der Waals surface area contributed by atoms with E-state index in [0.717, 1.165) is 29.6 Å². The van der Waals surface area contributed by atoms with Crippen molar-refractivity contribution in [3.05, 3.63) is 7.43 Å². The van der Waals surface area contributed by atoms with Crippen LogP contribution in [0.2, 0.25) is 0 Å². The Kier molecular flexibility index (Phi) is 30.5. The van der Waals surface area contributed by atoms with Gasteiger partial charge in [0.2, 0.25) is 0 Å². The SMILES string of the molecule is C.CC1C(C)C(C)C(C)C1C.O.O.O.[CH3-].[Ir]. The van der Waals surface area contributed by atoms with Gasteiger partial charge in [0.15, 0.2) is 0 Å². The molecule has 1 rings (SSSR count). The van der Waals surface area contributed by atoms with Crippen LogP contribution < -0.4 is 0 Å². The molecule has 0 aromatic carbocycles. The molecule has 1 aliphatic carbocycles. The van der Waals surface area contributed by atoms with Crippen molar-refractivity contribution in [2.75, 3.05) is 0 Å². The van der Waals surface area contributed by atoms with Crippen LogP contribution in [0.25, 0.3) is 0 Å². The molecule has 1 fully saturated rings. The van der Waals surface area contributed by atoms with Gasteiger partial charge in [-0.1, -0.05) is 42.0 Å². The van der Waals surface area contributed by atoms with Crippen molar-refractivity contribution in [3.8, 4) is 0 Å². The standard InChI is InChI=1S/C10H20.CH4.CH3.Ir.3H2O/c1-6-7(2)9(4)10(5)8(6)3;;;;;;/h6-10H,1-5H3;1H4;1H3;;3*1H2/q;;-1;;;;. The smallest absolute Gasteiger partial charge is 0 e. The number of hydrogen-bond acceptors (Lipinski definition) is 0. The second-order valence-corrected chi connectivity index (χ2v) is 4.30. The topological polar surface area (TPSA) is 94.5 Å². The normalized spacial score (nSPS) is 34.7. The van der Waals surface area contributed by atoms with Crippen molar-refractivity contribution >= 4 is 0 Å². The molecule has 0 saturated heterocycles. The Bertz CT molecular complexity index is 88.6. The molecule has 1 saturated carbocycles. The zero-order valence-corrected chi connectivity index (χ0v) is 13.1. The zero-order valence-electron chi connectivity index (χ0n) is 10.7. The summed E-state index contributed by atoms with van der Waals surface area (Å²) in [5.74, 6) is 4.68. The van der Waals surface area contributed by atoms with E-state index in [0.29, 0.717) is 0 Å². The van der Waals surface area contributed by atoms with E-state index in [2.05, 4.69) is 34.6 Å². The van der Waals surface area contributed by atoms with Gasteiger partial charge in [0.1, 0.15) is 0 Å². The average molecular weight is 418 g/mol. The van der Waals surface area contributed by atoms with Crippen molar-refractivity contribution < 1.29 is 36.5 Å². The largest absolute Gasteiger partial charge is 0.412 e. The second kappa shape index (κ2) is 13.6. The van der Waals surface area contributed by atoms with Gasteiger partial charge in [-0.25, -0.2) is 0 Å². The monoisotopic (exact) mass is 418 g/mol. The Balaban J connectivity index is -0.0000000417. The third kappa shape index (κ3) is 6.31. The van der Waals surface area contributed by atoms with E-state index in [-0.39, 0.29) is 51.4 Å². The minimum Gasteiger partial charge on any atom is -0.412 e. The molecule has 16 heavy (non-hydrogen) atoms. The number of rotatable bonds is 0. The van der Waals surface area contributed by atoms with Crippen LogP contribution in [0, 0.1) is 37.0 Å². The molecule has 0 unspecified atom stereocenters. The quantitative estimate of drug-likeness (QED) is 0.537. The summed E-state index contributed by atoms with van der Waals surface area (Å²) >= 11 is 0. The van der Waals surface area contributed by atoms with Crippen molar-refractivity contribution in [1.82, 2.24) is 0 Å². The third-order valence-corrected chi connectivity index (χ3v) is 4.15. The van der Waals surface area contributed by atoms with Crippen LogP contribution in [0.4, 0.5) is 0 Å². The Hall–Kier alpha value is 0.529. The summed E-state index contributed by atoms with van der Waals surface area (Å²) in [4.78, 5) is 0. The van der Waals surface area contributed by atoms with Crippen LogP contribution in [0.15, 0.2) is 0 Å². The van der Waals surface area contributed by atoms with Crippen LogP contribution in [-0.4, -0.2) is 16.4 Å². The maximum absolute atomic E-state index is 2.40. The van der Waals surface area contributed by atoms with Crippen LogP contribution in [0.5, 0.6) is 0 Å². The van der Waals surface area contributed by atoms with Crippen LogP contribution in [0.3, 0.4) is 0 Å². The van der Waals surface area contributed by atoms with Crippen LogP contribution in [0.1, 0.15) is 42.0 Å². The minimum atomic E-state index is 0. The molecule has 0 spiro atoms. The first-order valence-electron chi connectivity index (χ1n) is 4.55. The second-order valence-electron chi connectivity index (χ2n) is 4.30. The fourth-order valence-electron chi connectivity index (χ4n) is 2.39. The van der Waals surface area contributed by atoms with Gasteiger partial charge < -0.3 is 23.9 Å². The zero-order chi connectivity index (χ0) is 7.89. The molecule has 0 heterocycles. The predicted octanol–water partition coefficient (Wildman–Crippen LogP) is 1.79. The maximum Gasteiger partial charge on any atom is 0 e. The average Bonchev–Trinajstić information content (AvgIpc) is 2.07. The molecule has 3 nitrogen and oxygen atoms in total. The molecule has 1 radical (unpaired) electrons. The molecule has 0 aromatic heterocycles. The van der Waals surface area contributed by atoms with Gasteiger partial charge in [0.25, 0.3) is 0 Å². The molecule has 1 aliphatic rings. The van der Waals surface area contributed by atoms with Gasteiger partial charge in [0.05, 0.1) is 0 Å².